The Morgan fingerprint density at radius 1 is 0.688 bits per heavy atom. The molecule has 0 heterocycles. The van der Waals surface area contributed by atoms with Gasteiger partial charge >= 0.3 is 0 Å². The van der Waals surface area contributed by atoms with E-state index >= 15 is 0 Å². The molecule has 0 spiro atoms. The Morgan fingerprint density at radius 3 is 1.12 bits per heavy atom. The summed E-state index contributed by atoms with van der Waals surface area (Å²) in [5.74, 6) is 1.22. The van der Waals surface area contributed by atoms with E-state index in [-0.39, 0.29) is 0 Å². The van der Waals surface area contributed by atoms with Gasteiger partial charge in [-0.05, 0) is 39.3 Å². The summed E-state index contributed by atoms with van der Waals surface area (Å²) in [7, 11) is -3.14. The molecular formula is C10H24N2O2Si2. The van der Waals surface area contributed by atoms with Crippen LogP contribution >= 0.6 is 0 Å². The number of rotatable bonds is 3. The fraction of sp³-hybridized carbons (Fsp3) is 0.800. The van der Waals surface area contributed by atoms with Crippen molar-refractivity contribution in [2.75, 3.05) is 0 Å². The average molecular weight is 260 g/mol. The summed E-state index contributed by atoms with van der Waals surface area (Å²) in [6, 6.07) is 0. The van der Waals surface area contributed by atoms with E-state index in [4.69, 9.17) is 8.85 Å². The van der Waals surface area contributed by atoms with Gasteiger partial charge in [0.2, 0.25) is 16.6 Å². The highest BCUT2D eigenvalue weighted by atomic mass is 28.4. The van der Waals surface area contributed by atoms with Gasteiger partial charge in [0, 0.05) is 13.8 Å². The Balaban J connectivity index is 4.39. The van der Waals surface area contributed by atoms with Gasteiger partial charge in [-0.2, -0.15) is 0 Å². The zero-order valence-electron chi connectivity index (χ0n) is 11.7. The molecule has 0 unspecified atom stereocenters. The van der Waals surface area contributed by atoms with Crippen LogP contribution in [-0.2, 0) is 8.85 Å². The first-order chi connectivity index (χ1) is 6.99. The highest BCUT2D eigenvalue weighted by molar-refractivity contribution is 6.71. The second-order valence-electron chi connectivity index (χ2n) is 5.67. The maximum atomic E-state index is 5.66. The second kappa shape index (κ2) is 5.63. The lowest BCUT2D eigenvalue weighted by atomic mass is 10.8. The SMILES string of the molecule is CC(=NN=C(C)O[Si](C)(C)C)O[Si](C)(C)C. The zero-order chi connectivity index (χ0) is 13.0. The monoisotopic (exact) mass is 260 g/mol. The highest BCUT2D eigenvalue weighted by Gasteiger charge is 2.17. The molecule has 0 saturated heterocycles. The molecule has 0 aromatic heterocycles. The minimum Gasteiger partial charge on any atom is -0.534 e. The van der Waals surface area contributed by atoms with Crippen molar-refractivity contribution in [2.24, 2.45) is 10.2 Å². The Labute approximate surface area is 101 Å². The Morgan fingerprint density at radius 2 is 0.938 bits per heavy atom. The van der Waals surface area contributed by atoms with Gasteiger partial charge in [-0.15, -0.1) is 10.2 Å². The first-order valence-corrected chi connectivity index (χ1v) is 12.3. The molecule has 16 heavy (non-hydrogen) atoms. The molecule has 0 saturated carbocycles. The summed E-state index contributed by atoms with van der Waals surface area (Å²) < 4.78 is 11.3. The van der Waals surface area contributed by atoms with Crippen molar-refractivity contribution in [3.63, 3.8) is 0 Å². The Kier molecular flexibility index (Phi) is 5.41. The number of hydrogen-bond donors (Lipinski definition) is 0. The second-order valence-corrected chi connectivity index (χ2v) is 14.5. The maximum Gasteiger partial charge on any atom is 0.243 e. The van der Waals surface area contributed by atoms with Crippen molar-refractivity contribution >= 4 is 28.4 Å². The van der Waals surface area contributed by atoms with Crippen LogP contribution < -0.4 is 0 Å². The lowest BCUT2D eigenvalue weighted by Gasteiger charge is -2.19. The smallest absolute Gasteiger partial charge is 0.243 e. The molecule has 94 valence electrons. The minimum atomic E-state index is -1.57. The predicted octanol–water partition coefficient (Wildman–Crippen LogP) is 3.44. The third kappa shape index (κ3) is 9.91. The van der Waals surface area contributed by atoms with Crippen LogP contribution in [0.1, 0.15) is 13.8 Å². The van der Waals surface area contributed by atoms with Gasteiger partial charge in [0.15, 0.2) is 11.8 Å². The minimum absolute atomic E-state index is 0.609. The van der Waals surface area contributed by atoms with Crippen LogP contribution in [0.25, 0.3) is 0 Å². The Hall–Kier alpha value is -0.626. The molecule has 0 aliphatic rings. The fourth-order valence-corrected chi connectivity index (χ4v) is 2.92. The van der Waals surface area contributed by atoms with Crippen LogP contribution in [0.15, 0.2) is 10.2 Å². The molecule has 0 amide bonds. The summed E-state index contributed by atoms with van der Waals surface area (Å²) >= 11 is 0. The van der Waals surface area contributed by atoms with E-state index in [1.165, 1.54) is 0 Å². The zero-order valence-corrected chi connectivity index (χ0v) is 13.7. The first-order valence-electron chi connectivity index (χ1n) is 5.46. The molecule has 0 fully saturated rings. The number of nitrogens with zero attached hydrogens (tertiary/aromatic N) is 2. The fourth-order valence-electron chi connectivity index (χ4n) is 1.07. The predicted molar refractivity (Wildman–Crippen MR) is 75.1 cm³/mol. The summed E-state index contributed by atoms with van der Waals surface area (Å²) in [6.45, 7) is 16.3. The van der Waals surface area contributed by atoms with Crippen molar-refractivity contribution in [2.45, 2.75) is 53.1 Å². The van der Waals surface area contributed by atoms with Gasteiger partial charge in [0.1, 0.15) is 0 Å². The largest absolute Gasteiger partial charge is 0.534 e. The molecule has 0 rings (SSSR count). The van der Waals surface area contributed by atoms with E-state index in [9.17, 15) is 0 Å². The van der Waals surface area contributed by atoms with Crippen molar-refractivity contribution in [3.05, 3.63) is 0 Å². The molecule has 0 aliphatic carbocycles. The summed E-state index contributed by atoms with van der Waals surface area (Å²) in [4.78, 5) is 0. The summed E-state index contributed by atoms with van der Waals surface area (Å²) in [5.41, 5.74) is 0. The van der Waals surface area contributed by atoms with E-state index < -0.39 is 16.6 Å². The van der Waals surface area contributed by atoms with E-state index in [1.54, 1.807) is 0 Å². The third-order valence-corrected chi connectivity index (χ3v) is 3.06. The average Bonchev–Trinajstić information content (AvgIpc) is 1.94. The van der Waals surface area contributed by atoms with Gasteiger partial charge in [-0.25, -0.2) is 0 Å². The van der Waals surface area contributed by atoms with Gasteiger partial charge in [-0.3, -0.25) is 0 Å². The quantitative estimate of drug-likeness (QED) is 0.338. The molecule has 0 aromatic carbocycles. The van der Waals surface area contributed by atoms with Gasteiger partial charge in [-0.1, -0.05) is 0 Å². The van der Waals surface area contributed by atoms with Crippen molar-refractivity contribution in [1.82, 2.24) is 0 Å². The molecule has 0 aliphatic heterocycles. The van der Waals surface area contributed by atoms with E-state index in [2.05, 4.69) is 49.5 Å². The van der Waals surface area contributed by atoms with Crippen molar-refractivity contribution in [1.29, 1.82) is 0 Å². The van der Waals surface area contributed by atoms with Gasteiger partial charge in [0.25, 0.3) is 0 Å². The molecule has 4 nitrogen and oxygen atoms in total. The summed E-state index contributed by atoms with van der Waals surface area (Å²) in [6.07, 6.45) is 0. The van der Waals surface area contributed by atoms with Crippen LogP contribution in [0.2, 0.25) is 39.3 Å². The standard InChI is InChI=1S/C10H24N2O2Si2/c1-9(13-15(3,4)5)11-12-10(2)14-16(6,7)8/h1-8H3. The van der Waals surface area contributed by atoms with E-state index in [0.29, 0.717) is 11.8 Å². The van der Waals surface area contributed by atoms with Gasteiger partial charge < -0.3 is 8.85 Å². The highest BCUT2D eigenvalue weighted by Crippen LogP contribution is 2.05. The third-order valence-electron chi connectivity index (χ3n) is 1.24. The van der Waals surface area contributed by atoms with Crippen LogP contribution in [0.3, 0.4) is 0 Å². The molecule has 0 atom stereocenters. The molecule has 0 bridgehead atoms. The van der Waals surface area contributed by atoms with Crippen LogP contribution in [0.4, 0.5) is 0 Å². The maximum absolute atomic E-state index is 5.66. The lowest BCUT2D eigenvalue weighted by Crippen LogP contribution is -2.28. The topological polar surface area (TPSA) is 43.2 Å². The normalized spacial score (nSPS) is 15.0. The molecule has 0 aromatic rings. The summed E-state index contributed by atoms with van der Waals surface area (Å²) in [5, 5.41) is 8.02. The van der Waals surface area contributed by atoms with E-state index in [0.717, 1.165) is 0 Å². The van der Waals surface area contributed by atoms with Crippen LogP contribution in [0, 0.1) is 0 Å². The first kappa shape index (κ1) is 15.4. The molecule has 0 radical (unpaired) electrons. The van der Waals surface area contributed by atoms with Crippen molar-refractivity contribution < 1.29 is 8.85 Å². The number of hydrogen-bond acceptors (Lipinski definition) is 4. The van der Waals surface area contributed by atoms with E-state index in [1.807, 2.05) is 13.8 Å². The lowest BCUT2D eigenvalue weighted by molar-refractivity contribution is 0.531. The van der Waals surface area contributed by atoms with Crippen molar-refractivity contribution in [3.8, 4) is 0 Å². The Bertz CT molecular complexity index is 258. The molecule has 0 N–H and O–H groups in total. The van der Waals surface area contributed by atoms with Crippen LogP contribution in [-0.4, -0.2) is 28.4 Å². The van der Waals surface area contributed by atoms with Crippen LogP contribution in [0.5, 0.6) is 0 Å². The molecule has 6 heteroatoms. The molecular weight excluding hydrogens is 236 g/mol. The van der Waals surface area contributed by atoms with Gasteiger partial charge in [0.05, 0.1) is 0 Å².